The number of benzene rings is 1. The molecular formula is C11H14BrNO. The highest BCUT2D eigenvalue weighted by Gasteiger charge is 2.16. The molecule has 76 valence electrons. The molecule has 0 saturated carbocycles. The van der Waals surface area contributed by atoms with Gasteiger partial charge in [-0.15, -0.1) is 0 Å². The maximum Gasteiger partial charge on any atom is 0.133 e. The summed E-state index contributed by atoms with van der Waals surface area (Å²) in [5.41, 5.74) is 2.77. The van der Waals surface area contributed by atoms with Crippen LogP contribution in [-0.4, -0.2) is 13.2 Å². The van der Waals surface area contributed by atoms with Crippen molar-refractivity contribution in [2.75, 3.05) is 7.11 Å². The summed E-state index contributed by atoms with van der Waals surface area (Å²) in [5, 5.41) is 3.44. The van der Waals surface area contributed by atoms with E-state index in [0.717, 1.165) is 23.2 Å². The number of methoxy groups -OCH3 is 1. The van der Waals surface area contributed by atoms with E-state index in [0.29, 0.717) is 6.04 Å². The van der Waals surface area contributed by atoms with Gasteiger partial charge in [0, 0.05) is 12.6 Å². The molecule has 0 fully saturated rings. The van der Waals surface area contributed by atoms with Crippen LogP contribution in [0, 0.1) is 0 Å². The standard InChI is InChI=1S/C11H14BrNO/c1-7-3-8-5-11(14-2)10(12)4-9(8)6-13-7/h4-5,7,13H,3,6H2,1-2H3. The van der Waals surface area contributed by atoms with Crippen LogP contribution in [0.3, 0.4) is 0 Å². The molecule has 1 unspecified atom stereocenters. The number of hydrogen-bond donors (Lipinski definition) is 1. The molecule has 0 spiro atoms. The molecule has 0 aliphatic carbocycles. The van der Waals surface area contributed by atoms with Gasteiger partial charge in [-0.05, 0) is 52.5 Å². The van der Waals surface area contributed by atoms with Crippen LogP contribution in [0.4, 0.5) is 0 Å². The van der Waals surface area contributed by atoms with Crippen LogP contribution < -0.4 is 10.1 Å². The SMILES string of the molecule is COc1cc2c(cc1Br)CNC(C)C2. The first-order valence-electron chi connectivity index (χ1n) is 4.79. The zero-order chi connectivity index (χ0) is 10.1. The summed E-state index contributed by atoms with van der Waals surface area (Å²) >= 11 is 3.50. The summed E-state index contributed by atoms with van der Waals surface area (Å²) in [6.07, 6.45) is 1.08. The molecule has 1 heterocycles. The lowest BCUT2D eigenvalue weighted by atomic mass is 9.96. The highest BCUT2D eigenvalue weighted by molar-refractivity contribution is 9.10. The molecule has 0 amide bonds. The minimum Gasteiger partial charge on any atom is -0.496 e. The van der Waals surface area contributed by atoms with Crippen molar-refractivity contribution in [3.05, 3.63) is 27.7 Å². The van der Waals surface area contributed by atoms with E-state index < -0.39 is 0 Å². The first kappa shape index (κ1) is 9.99. The summed E-state index contributed by atoms with van der Waals surface area (Å²) in [7, 11) is 1.71. The second-order valence-corrected chi connectivity index (χ2v) is 4.60. The van der Waals surface area contributed by atoms with E-state index in [1.165, 1.54) is 11.1 Å². The lowest BCUT2D eigenvalue weighted by Gasteiger charge is -2.24. The van der Waals surface area contributed by atoms with Gasteiger partial charge in [0.2, 0.25) is 0 Å². The molecule has 2 rings (SSSR count). The Bertz CT molecular complexity index is 351. The third kappa shape index (κ3) is 1.79. The van der Waals surface area contributed by atoms with Gasteiger partial charge in [-0.3, -0.25) is 0 Å². The monoisotopic (exact) mass is 255 g/mol. The zero-order valence-electron chi connectivity index (χ0n) is 8.43. The first-order chi connectivity index (χ1) is 6.70. The molecule has 0 bridgehead atoms. The number of halogens is 1. The van der Waals surface area contributed by atoms with E-state index in [-0.39, 0.29) is 0 Å². The average Bonchev–Trinajstić information content (AvgIpc) is 2.17. The zero-order valence-corrected chi connectivity index (χ0v) is 10.0. The Labute approximate surface area is 92.8 Å². The van der Waals surface area contributed by atoms with Crippen LogP contribution in [0.15, 0.2) is 16.6 Å². The fourth-order valence-corrected chi connectivity index (χ4v) is 2.39. The summed E-state index contributed by atoms with van der Waals surface area (Å²) < 4.78 is 6.32. The molecule has 1 N–H and O–H groups in total. The van der Waals surface area contributed by atoms with E-state index in [9.17, 15) is 0 Å². The van der Waals surface area contributed by atoms with Gasteiger partial charge in [0.25, 0.3) is 0 Å². The highest BCUT2D eigenvalue weighted by atomic mass is 79.9. The van der Waals surface area contributed by atoms with E-state index in [1.807, 2.05) is 0 Å². The molecule has 1 aliphatic rings. The van der Waals surface area contributed by atoms with Gasteiger partial charge in [0.05, 0.1) is 11.6 Å². The summed E-state index contributed by atoms with van der Waals surface area (Å²) in [6, 6.07) is 4.84. The number of ether oxygens (including phenoxy) is 1. The van der Waals surface area contributed by atoms with Crippen LogP contribution >= 0.6 is 15.9 Å². The molecule has 0 aromatic heterocycles. The number of nitrogens with one attached hydrogen (secondary N) is 1. The van der Waals surface area contributed by atoms with Gasteiger partial charge in [0.15, 0.2) is 0 Å². The summed E-state index contributed by atoms with van der Waals surface area (Å²) in [6.45, 7) is 3.16. The predicted molar refractivity (Wildman–Crippen MR) is 60.7 cm³/mol. The quantitative estimate of drug-likeness (QED) is 0.833. The van der Waals surface area contributed by atoms with E-state index in [2.05, 4.69) is 40.3 Å². The van der Waals surface area contributed by atoms with Crippen molar-refractivity contribution in [2.24, 2.45) is 0 Å². The molecular weight excluding hydrogens is 242 g/mol. The third-order valence-corrected chi connectivity index (χ3v) is 3.26. The molecule has 1 atom stereocenters. The maximum absolute atomic E-state index is 5.28. The fraction of sp³-hybridized carbons (Fsp3) is 0.455. The van der Waals surface area contributed by atoms with Gasteiger partial charge in [-0.2, -0.15) is 0 Å². The normalized spacial score (nSPS) is 20.4. The Balaban J connectivity index is 2.41. The van der Waals surface area contributed by atoms with Crippen molar-refractivity contribution in [1.29, 1.82) is 0 Å². The summed E-state index contributed by atoms with van der Waals surface area (Å²) in [4.78, 5) is 0. The Morgan fingerprint density at radius 1 is 1.43 bits per heavy atom. The molecule has 1 aromatic carbocycles. The van der Waals surface area contributed by atoms with Crippen molar-refractivity contribution in [1.82, 2.24) is 5.32 Å². The van der Waals surface area contributed by atoms with E-state index in [4.69, 9.17) is 4.74 Å². The van der Waals surface area contributed by atoms with Gasteiger partial charge in [0.1, 0.15) is 5.75 Å². The first-order valence-corrected chi connectivity index (χ1v) is 5.58. The number of fused-ring (bicyclic) bond motifs is 1. The van der Waals surface area contributed by atoms with E-state index in [1.54, 1.807) is 7.11 Å². The third-order valence-electron chi connectivity index (χ3n) is 2.64. The Kier molecular flexibility index (Phi) is 2.79. The van der Waals surface area contributed by atoms with Crippen molar-refractivity contribution >= 4 is 15.9 Å². The van der Waals surface area contributed by atoms with Crippen LogP contribution in [0.25, 0.3) is 0 Å². The minimum absolute atomic E-state index is 0.563. The van der Waals surface area contributed by atoms with Crippen LogP contribution in [0.1, 0.15) is 18.1 Å². The van der Waals surface area contributed by atoms with Crippen molar-refractivity contribution in [3.63, 3.8) is 0 Å². The minimum atomic E-state index is 0.563. The van der Waals surface area contributed by atoms with Crippen LogP contribution in [0.5, 0.6) is 5.75 Å². The second kappa shape index (κ2) is 3.91. The van der Waals surface area contributed by atoms with Gasteiger partial charge >= 0.3 is 0 Å². The smallest absolute Gasteiger partial charge is 0.133 e. The second-order valence-electron chi connectivity index (χ2n) is 3.74. The summed E-state index contributed by atoms with van der Waals surface area (Å²) in [5.74, 6) is 0.929. The molecule has 0 radical (unpaired) electrons. The predicted octanol–water partition coefficient (Wildman–Crippen LogP) is 2.49. The van der Waals surface area contributed by atoms with Gasteiger partial charge in [-0.1, -0.05) is 0 Å². The van der Waals surface area contributed by atoms with Crippen molar-refractivity contribution in [2.45, 2.75) is 25.9 Å². The lowest BCUT2D eigenvalue weighted by Crippen LogP contribution is -2.32. The largest absolute Gasteiger partial charge is 0.496 e. The van der Waals surface area contributed by atoms with Crippen molar-refractivity contribution < 1.29 is 4.74 Å². The molecule has 2 nitrogen and oxygen atoms in total. The maximum atomic E-state index is 5.28. The molecule has 0 saturated heterocycles. The molecule has 1 aromatic rings. The van der Waals surface area contributed by atoms with E-state index >= 15 is 0 Å². The molecule has 14 heavy (non-hydrogen) atoms. The Morgan fingerprint density at radius 2 is 2.21 bits per heavy atom. The van der Waals surface area contributed by atoms with Crippen LogP contribution in [0.2, 0.25) is 0 Å². The Hall–Kier alpha value is -0.540. The van der Waals surface area contributed by atoms with Gasteiger partial charge < -0.3 is 10.1 Å². The fourth-order valence-electron chi connectivity index (χ4n) is 1.83. The highest BCUT2D eigenvalue weighted by Crippen LogP contribution is 2.30. The van der Waals surface area contributed by atoms with Crippen molar-refractivity contribution in [3.8, 4) is 5.75 Å². The van der Waals surface area contributed by atoms with Gasteiger partial charge in [-0.25, -0.2) is 0 Å². The molecule has 3 heteroatoms. The van der Waals surface area contributed by atoms with Crippen LogP contribution in [-0.2, 0) is 13.0 Å². The number of rotatable bonds is 1. The Morgan fingerprint density at radius 3 is 2.93 bits per heavy atom. The lowest BCUT2D eigenvalue weighted by molar-refractivity contribution is 0.409. The topological polar surface area (TPSA) is 21.3 Å². The molecule has 1 aliphatic heterocycles. The number of hydrogen-bond acceptors (Lipinski definition) is 2. The average molecular weight is 256 g/mol.